The largest absolute Gasteiger partial charge is 0.324 e. The number of para-hydroxylation sites is 1. The molecule has 0 aliphatic rings. The number of hydrogen-bond acceptors (Lipinski definition) is 2. The average molecular weight is 276 g/mol. The predicted octanol–water partition coefficient (Wildman–Crippen LogP) is 4.09. The Morgan fingerprint density at radius 1 is 1.00 bits per heavy atom. The van der Waals surface area contributed by atoms with Gasteiger partial charge in [-0.15, -0.1) is 0 Å². The minimum absolute atomic E-state index is 0.00936. The van der Waals surface area contributed by atoms with E-state index in [4.69, 9.17) is 5.73 Å². The highest BCUT2D eigenvalue weighted by Crippen LogP contribution is 2.23. The molecule has 3 aromatic rings. The van der Waals surface area contributed by atoms with Crippen LogP contribution in [0.3, 0.4) is 0 Å². The summed E-state index contributed by atoms with van der Waals surface area (Å²) < 4.78 is 0. The van der Waals surface area contributed by atoms with E-state index >= 15 is 0 Å². The highest BCUT2D eigenvalue weighted by Gasteiger charge is 2.10. The summed E-state index contributed by atoms with van der Waals surface area (Å²) in [5, 5.41) is 1.19. The van der Waals surface area contributed by atoms with Crippen molar-refractivity contribution in [3.8, 4) is 0 Å². The molecule has 21 heavy (non-hydrogen) atoms. The lowest BCUT2D eigenvalue weighted by Crippen LogP contribution is -2.14. The molecule has 0 bridgehead atoms. The number of benzene rings is 2. The van der Waals surface area contributed by atoms with Gasteiger partial charge in [0, 0.05) is 17.6 Å². The van der Waals surface area contributed by atoms with E-state index < -0.39 is 0 Å². The Balaban J connectivity index is 1.92. The van der Waals surface area contributed by atoms with Gasteiger partial charge in [0.05, 0.1) is 5.52 Å². The number of nitrogens with zero attached hydrogens (tertiary/aromatic N) is 1. The van der Waals surface area contributed by atoms with E-state index in [-0.39, 0.29) is 6.04 Å². The third-order valence-electron chi connectivity index (χ3n) is 4.14. The van der Waals surface area contributed by atoms with Crippen LogP contribution in [-0.4, -0.2) is 4.98 Å². The molecule has 0 amide bonds. The maximum atomic E-state index is 6.42. The normalized spacial score (nSPS) is 12.5. The lowest BCUT2D eigenvalue weighted by Gasteiger charge is -2.15. The second-order valence-corrected chi connectivity index (χ2v) is 5.64. The minimum atomic E-state index is 0.00936. The third-order valence-corrected chi connectivity index (χ3v) is 4.14. The second kappa shape index (κ2) is 5.66. The fourth-order valence-corrected chi connectivity index (χ4v) is 2.68. The van der Waals surface area contributed by atoms with Crippen LogP contribution in [0.2, 0.25) is 0 Å². The Kier molecular flexibility index (Phi) is 3.72. The van der Waals surface area contributed by atoms with Crippen molar-refractivity contribution in [1.82, 2.24) is 4.98 Å². The van der Waals surface area contributed by atoms with E-state index in [1.54, 1.807) is 0 Å². The number of aryl methyl sites for hydroxylation is 2. The molecule has 0 aliphatic carbocycles. The van der Waals surface area contributed by atoms with Crippen LogP contribution in [0.1, 0.15) is 28.3 Å². The lowest BCUT2D eigenvalue weighted by atomic mass is 9.95. The van der Waals surface area contributed by atoms with Crippen LogP contribution in [0.4, 0.5) is 0 Å². The maximum absolute atomic E-state index is 6.42. The van der Waals surface area contributed by atoms with E-state index in [0.717, 1.165) is 11.9 Å². The highest BCUT2D eigenvalue weighted by molar-refractivity contribution is 5.81. The summed E-state index contributed by atoms with van der Waals surface area (Å²) >= 11 is 0. The van der Waals surface area contributed by atoms with E-state index in [0.29, 0.717) is 0 Å². The summed E-state index contributed by atoms with van der Waals surface area (Å²) in [5.41, 5.74) is 12.5. The molecule has 2 aromatic carbocycles. The summed E-state index contributed by atoms with van der Waals surface area (Å²) in [6, 6.07) is 16.8. The Hall–Kier alpha value is -2.19. The Bertz CT molecular complexity index is 772. The molecule has 0 saturated carbocycles. The first kappa shape index (κ1) is 13.8. The van der Waals surface area contributed by atoms with Gasteiger partial charge in [-0.2, -0.15) is 0 Å². The number of nitrogens with two attached hydrogens (primary N) is 1. The van der Waals surface area contributed by atoms with Crippen molar-refractivity contribution < 1.29 is 0 Å². The molecule has 106 valence electrons. The van der Waals surface area contributed by atoms with Gasteiger partial charge in [0.1, 0.15) is 0 Å². The number of aromatic nitrogens is 1. The van der Waals surface area contributed by atoms with Gasteiger partial charge in [-0.1, -0.05) is 36.4 Å². The summed E-state index contributed by atoms with van der Waals surface area (Å²) in [6.07, 6.45) is 2.69. The molecule has 0 radical (unpaired) electrons. The minimum Gasteiger partial charge on any atom is -0.324 e. The molecule has 1 heterocycles. The van der Waals surface area contributed by atoms with Gasteiger partial charge in [-0.05, 0) is 54.7 Å². The lowest BCUT2D eigenvalue weighted by molar-refractivity contribution is 0.724. The van der Waals surface area contributed by atoms with Crippen LogP contribution in [0.25, 0.3) is 10.9 Å². The van der Waals surface area contributed by atoms with Gasteiger partial charge in [0.2, 0.25) is 0 Å². The predicted molar refractivity (Wildman–Crippen MR) is 88.3 cm³/mol. The first-order valence-electron chi connectivity index (χ1n) is 7.30. The van der Waals surface area contributed by atoms with Gasteiger partial charge in [0.15, 0.2) is 0 Å². The van der Waals surface area contributed by atoms with Crippen LogP contribution < -0.4 is 5.73 Å². The average Bonchev–Trinajstić information content (AvgIpc) is 2.50. The summed E-state index contributed by atoms with van der Waals surface area (Å²) in [7, 11) is 0. The van der Waals surface area contributed by atoms with E-state index in [9.17, 15) is 0 Å². The van der Waals surface area contributed by atoms with Crippen LogP contribution in [0.15, 0.2) is 54.7 Å². The monoisotopic (exact) mass is 276 g/mol. The highest BCUT2D eigenvalue weighted by atomic mass is 14.7. The Morgan fingerprint density at radius 3 is 2.62 bits per heavy atom. The van der Waals surface area contributed by atoms with Crippen LogP contribution in [-0.2, 0) is 6.42 Å². The first-order chi connectivity index (χ1) is 10.1. The molecule has 0 saturated heterocycles. The SMILES string of the molecule is Cc1ccc(C(N)Cc2ccnc3ccccc23)cc1C. The van der Waals surface area contributed by atoms with E-state index in [1.165, 1.54) is 27.6 Å². The summed E-state index contributed by atoms with van der Waals surface area (Å²) in [5.74, 6) is 0. The zero-order chi connectivity index (χ0) is 14.8. The third kappa shape index (κ3) is 2.81. The zero-order valence-electron chi connectivity index (χ0n) is 12.5. The molecular weight excluding hydrogens is 256 g/mol. The molecule has 0 fully saturated rings. The molecule has 2 heteroatoms. The van der Waals surface area contributed by atoms with Crippen LogP contribution in [0.5, 0.6) is 0 Å². The molecule has 0 aliphatic heterocycles. The smallest absolute Gasteiger partial charge is 0.0704 e. The van der Waals surface area contributed by atoms with Gasteiger partial charge >= 0.3 is 0 Å². The Labute approximate surface area is 125 Å². The molecule has 1 unspecified atom stereocenters. The van der Waals surface area contributed by atoms with Crippen molar-refractivity contribution in [2.45, 2.75) is 26.3 Å². The molecule has 3 rings (SSSR count). The van der Waals surface area contributed by atoms with E-state index in [2.05, 4.69) is 55.2 Å². The summed E-state index contributed by atoms with van der Waals surface area (Å²) in [4.78, 5) is 4.41. The van der Waals surface area contributed by atoms with Gasteiger partial charge in [0.25, 0.3) is 0 Å². The van der Waals surface area contributed by atoms with Crippen LogP contribution >= 0.6 is 0 Å². The van der Waals surface area contributed by atoms with Crippen molar-refractivity contribution in [2.75, 3.05) is 0 Å². The topological polar surface area (TPSA) is 38.9 Å². The quantitative estimate of drug-likeness (QED) is 0.782. The first-order valence-corrected chi connectivity index (χ1v) is 7.30. The fourth-order valence-electron chi connectivity index (χ4n) is 2.68. The molecule has 1 aromatic heterocycles. The number of fused-ring (bicyclic) bond motifs is 1. The fraction of sp³-hybridized carbons (Fsp3) is 0.211. The maximum Gasteiger partial charge on any atom is 0.0704 e. The molecule has 2 N–H and O–H groups in total. The van der Waals surface area contributed by atoms with Crippen molar-refractivity contribution in [2.24, 2.45) is 5.73 Å². The molecular formula is C19H20N2. The van der Waals surface area contributed by atoms with Gasteiger partial charge in [-0.25, -0.2) is 0 Å². The standard InChI is InChI=1S/C19H20N2/c1-13-7-8-16(11-14(13)2)18(20)12-15-9-10-21-19-6-4-3-5-17(15)19/h3-11,18H,12,20H2,1-2H3. The Morgan fingerprint density at radius 2 is 1.81 bits per heavy atom. The number of hydrogen-bond donors (Lipinski definition) is 1. The molecule has 2 nitrogen and oxygen atoms in total. The zero-order valence-corrected chi connectivity index (χ0v) is 12.5. The number of pyridine rings is 1. The van der Waals surface area contributed by atoms with Crippen molar-refractivity contribution in [1.29, 1.82) is 0 Å². The molecule has 0 spiro atoms. The van der Waals surface area contributed by atoms with Gasteiger partial charge < -0.3 is 5.73 Å². The number of rotatable bonds is 3. The van der Waals surface area contributed by atoms with E-state index in [1.807, 2.05) is 18.3 Å². The summed E-state index contributed by atoms with van der Waals surface area (Å²) in [6.45, 7) is 4.26. The van der Waals surface area contributed by atoms with Gasteiger partial charge in [-0.3, -0.25) is 4.98 Å². The van der Waals surface area contributed by atoms with Crippen molar-refractivity contribution in [3.63, 3.8) is 0 Å². The second-order valence-electron chi connectivity index (χ2n) is 5.64. The van der Waals surface area contributed by atoms with Crippen molar-refractivity contribution in [3.05, 3.63) is 77.0 Å². The van der Waals surface area contributed by atoms with Crippen molar-refractivity contribution >= 4 is 10.9 Å². The molecule has 1 atom stereocenters. The van der Waals surface area contributed by atoms with Crippen LogP contribution in [0, 0.1) is 13.8 Å².